The topological polar surface area (TPSA) is 24.9 Å². The van der Waals surface area contributed by atoms with Crippen LogP contribution in [-0.2, 0) is 6.42 Å². The minimum atomic E-state index is 0.995. The van der Waals surface area contributed by atoms with Crippen molar-refractivity contribution < 1.29 is 0 Å². The zero-order chi connectivity index (χ0) is 14.7. The lowest BCUT2D eigenvalue weighted by Crippen LogP contribution is -1.92. The second-order valence-electron chi connectivity index (χ2n) is 5.28. The Bertz CT molecular complexity index is 741. The average molecular weight is 296 g/mol. The van der Waals surface area contributed by atoms with Gasteiger partial charge in [0.25, 0.3) is 0 Å². The van der Waals surface area contributed by atoms with Crippen LogP contribution in [-0.4, -0.2) is 4.98 Å². The fourth-order valence-electron chi connectivity index (χ4n) is 2.51. The molecule has 0 aliphatic rings. The van der Waals surface area contributed by atoms with E-state index in [4.69, 9.17) is 4.98 Å². The maximum absolute atomic E-state index is 4.76. The smallest absolute Gasteiger partial charge is 0.187 e. The first-order valence-corrected chi connectivity index (χ1v) is 8.30. The van der Waals surface area contributed by atoms with Crippen molar-refractivity contribution in [2.24, 2.45) is 0 Å². The van der Waals surface area contributed by atoms with Gasteiger partial charge >= 0.3 is 0 Å². The molecule has 3 rings (SSSR count). The molecule has 2 nitrogen and oxygen atoms in total. The Morgan fingerprint density at radius 2 is 1.90 bits per heavy atom. The Balaban J connectivity index is 1.88. The Morgan fingerprint density at radius 3 is 2.76 bits per heavy atom. The number of anilines is 2. The summed E-state index contributed by atoms with van der Waals surface area (Å²) < 4.78 is 0. The van der Waals surface area contributed by atoms with Crippen molar-refractivity contribution in [2.45, 2.75) is 33.1 Å². The Morgan fingerprint density at radius 1 is 1.10 bits per heavy atom. The molecule has 0 aliphatic carbocycles. The number of aromatic nitrogens is 1. The van der Waals surface area contributed by atoms with E-state index in [1.807, 2.05) is 0 Å². The van der Waals surface area contributed by atoms with Gasteiger partial charge in [0.2, 0.25) is 0 Å². The fraction of sp³-hybridized carbons (Fsp3) is 0.278. The molecule has 0 radical (unpaired) electrons. The highest BCUT2D eigenvalue weighted by Gasteiger charge is 2.08. The minimum Gasteiger partial charge on any atom is -0.331 e. The average Bonchev–Trinajstić information content (AvgIpc) is 2.85. The number of hydrogen-bond donors (Lipinski definition) is 1. The van der Waals surface area contributed by atoms with Gasteiger partial charge in [-0.2, -0.15) is 0 Å². The van der Waals surface area contributed by atoms with Gasteiger partial charge in [0, 0.05) is 16.0 Å². The molecule has 0 amide bonds. The van der Waals surface area contributed by atoms with Gasteiger partial charge in [0.1, 0.15) is 0 Å². The van der Waals surface area contributed by atoms with E-state index in [0.29, 0.717) is 0 Å². The molecule has 1 aromatic heterocycles. The lowest BCUT2D eigenvalue weighted by atomic mass is 10.1. The van der Waals surface area contributed by atoms with Crippen LogP contribution in [0.15, 0.2) is 42.5 Å². The van der Waals surface area contributed by atoms with Crippen LogP contribution in [0.4, 0.5) is 10.8 Å². The Labute approximate surface area is 129 Å². The highest BCUT2D eigenvalue weighted by molar-refractivity contribution is 7.15. The van der Waals surface area contributed by atoms with Crippen molar-refractivity contribution in [3.8, 4) is 0 Å². The highest BCUT2D eigenvalue weighted by Crippen LogP contribution is 2.30. The third-order valence-electron chi connectivity index (χ3n) is 3.69. The molecule has 0 fully saturated rings. The van der Waals surface area contributed by atoms with Gasteiger partial charge in [0.05, 0.1) is 5.69 Å². The van der Waals surface area contributed by atoms with Crippen molar-refractivity contribution in [1.29, 1.82) is 0 Å². The van der Waals surface area contributed by atoms with E-state index in [0.717, 1.165) is 17.2 Å². The van der Waals surface area contributed by atoms with Crippen LogP contribution in [0.1, 0.15) is 30.3 Å². The van der Waals surface area contributed by atoms with Gasteiger partial charge in [0.15, 0.2) is 5.13 Å². The Hall–Kier alpha value is -1.87. The van der Waals surface area contributed by atoms with E-state index in [1.54, 1.807) is 11.3 Å². The molecule has 2 aromatic carbocycles. The maximum atomic E-state index is 4.76. The Kier molecular flexibility index (Phi) is 4.20. The summed E-state index contributed by atoms with van der Waals surface area (Å²) in [7, 11) is 0. The molecule has 0 bridgehead atoms. The molecule has 0 atom stereocenters. The maximum Gasteiger partial charge on any atom is 0.187 e. The van der Waals surface area contributed by atoms with Crippen LogP contribution in [0.3, 0.4) is 0 Å². The second kappa shape index (κ2) is 6.27. The normalized spacial score (nSPS) is 11.0. The van der Waals surface area contributed by atoms with E-state index in [-0.39, 0.29) is 0 Å². The molecule has 1 heterocycles. The highest BCUT2D eigenvalue weighted by atomic mass is 32.1. The number of nitrogens with one attached hydrogen (secondary N) is 1. The number of thiazole rings is 1. The number of nitrogens with zero attached hydrogens (tertiary/aromatic N) is 1. The zero-order valence-corrected chi connectivity index (χ0v) is 13.3. The zero-order valence-electron chi connectivity index (χ0n) is 12.5. The second-order valence-corrected chi connectivity index (χ2v) is 6.48. The third-order valence-corrected chi connectivity index (χ3v) is 4.62. The van der Waals surface area contributed by atoms with Crippen LogP contribution in [0.2, 0.25) is 0 Å². The van der Waals surface area contributed by atoms with Crippen LogP contribution in [0.25, 0.3) is 10.8 Å². The van der Waals surface area contributed by atoms with Crippen molar-refractivity contribution in [1.82, 2.24) is 4.98 Å². The third kappa shape index (κ3) is 3.08. The SMILES string of the molecule is CCCCc1nc(Nc2cccc3ccccc23)sc1C. The van der Waals surface area contributed by atoms with E-state index in [2.05, 4.69) is 61.6 Å². The molecule has 3 heteroatoms. The lowest BCUT2D eigenvalue weighted by Gasteiger charge is -2.06. The number of benzene rings is 2. The van der Waals surface area contributed by atoms with Crippen LogP contribution >= 0.6 is 11.3 Å². The van der Waals surface area contributed by atoms with Crippen LogP contribution < -0.4 is 5.32 Å². The first-order valence-electron chi connectivity index (χ1n) is 7.49. The summed E-state index contributed by atoms with van der Waals surface area (Å²) in [5.41, 5.74) is 2.37. The fourth-order valence-corrected chi connectivity index (χ4v) is 3.38. The predicted molar refractivity (Wildman–Crippen MR) is 92.7 cm³/mol. The van der Waals surface area contributed by atoms with E-state index < -0.39 is 0 Å². The summed E-state index contributed by atoms with van der Waals surface area (Å²) in [4.78, 5) is 6.08. The minimum absolute atomic E-state index is 0.995. The number of unbranched alkanes of at least 4 members (excludes halogenated alkanes) is 1. The molecule has 21 heavy (non-hydrogen) atoms. The van der Waals surface area contributed by atoms with Gasteiger partial charge in [-0.1, -0.05) is 49.7 Å². The number of fused-ring (bicyclic) bond motifs is 1. The summed E-state index contributed by atoms with van der Waals surface area (Å²) in [6, 6.07) is 14.8. The van der Waals surface area contributed by atoms with Gasteiger partial charge in [-0.05, 0) is 31.2 Å². The number of aryl methyl sites for hydroxylation is 2. The standard InChI is InChI=1S/C18H20N2S/c1-3-4-11-16-13(2)21-18(19-16)20-17-12-7-9-14-8-5-6-10-15(14)17/h5-10,12H,3-4,11H2,1-2H3,(H,19,20). The van der Waals surface area contributed by atoms with E-state index >= 15 is 0 Å². The van der Waals surface area contributed by atoms with Crippen molar-refractivity contribution >= 4 is 32.9 Å². The molecule has 0 saturated carbocycles. The van der Waals surface area contributed by atoms with Crippen molar-refractivity contribution in [3.05, 3.63) is 53.0 Å². The largest absolute Gasteiger partial charge is 0.331 e. The molecule has 1 N–H and O–H groups in total. The molecule has 3 aromatic rings. The number of rotatable bonds is 5. The van der Waals surface area contributed by atoms with Crippen LogP contribution in [0.5, 0.6) is 0 Å². The monoisotopic (exact) mass is 296 g/mol. The molecule has 0 saturated heterocycles. The van der Waals surface area contributed by atoms with E-state index in [9.17, 15) is 0 Å². The van der Waals surface area contributed by atoms with Gasteiger partial charge < -0.3 is 5.32 Å². The van der Waals surface area contributed by atoms with Crippen molar-refractivity contribution in [3.63, 3.8) is 0 Å². The van der Waals surface area contributed by atoms with E-state index in [1.165, 1.54) is 34.2 Å². The summed E-state index contributed by atoms with van der Waals surface area (Å²) in [5, 5.41) is 6.98. The molecular formula is C18H20N2S. The molecule has 0 unspecified atom stereocenters. The first kappa shape index (κ1) is 14.1. The van der Waals surface area contributed by atoms with Gasteiger partial charge in [-0.15, -0.1) is 11.3 Å². The quantitative estimate of drug-likeness (QED) is 0.654. The molecular weight excluding hydrogens is 276 g/mol. The van der Waals surface area contributed by atoms with Gasteiger partial charge in [-0.3, -0.25) is 0 Å². The predicted octanol–water partition coefficient (Wildman–Crippen LogP) is 5.69. The van der Waals surface area contributed by atoms with Crippen LogP contribution in [0, 0.1) is 6.92 Å². The summed E-state index contributed by atoms with van der Waals surface area (Å²) in [6.07, 6.45) is 3.50. The first-order chi connectivity index (χ1) is 10.3. The molecule has 0 spiro atoms. The summed E-state index contributed by atoms with van der Waals surface area (Å²) in [5.74, 6) is 0. The van der Waals surface area contributed by atoms with Crippen molar-refractivity contribution in [2.75, 3.05) is 5.32 Å². The molecule has 0 aliphatic heterocycles. The summed E-state index contributed by atoms with van der Waals surface area (Å²) in [6.45, 7) is 4.38. The van der Waals surface area contributed by atoms with Gasteiger partial charge in [-0.25, -0.2) is 4.98 Å². The lowest BCUT2D eigenvalue weighted by molar-refractivity contribution is 0.778. The summed E-state index contributed by atoms with van der Waals surface area (Å²) >= 11 is 1.75. The molecule has 108 valence electrons. The number of hydrogen-bond acceptors (Lipinski definition) is 3.